The van der Waals surface area contributed by atoms with Crippen LogP contribution in [0.2, 0.25) is 10.0 Å². The second kappa shape index (κ2) is 5.87. The Morgan fingerprint density at radius 3 is 2.42 bits per heavy atom. The molecule has 0 atom stereocenters. The van der Waals surface area contributed by atoms with Crippen LogP contribution in [-0.4, -0.2) is 44.3 Å². The molecule has 1 aliphatic rings. The highest BCUT2D eigenvalue weighted by molar-refractivity contribution is 7.90. The molecule has 10 heteroatoms. The van der Waals surface area contributed by atoms with Gasteiger partial charge in [-0.15, -0.1) is 0 Å². The highest BCUT2D eigenvalue weighted by Gasteiger charge is 2.33. The summed E-state index contributed by atoms with van der Waals surface area (Å²) in [6.07, 6.45) is 2.21. The van der Waals surface area contributed by atoms with Crippen molar-refractivity contribution in [1.29, 1.82) is 0 Å². The lowest BCUT2D eigenvalue weighted by molar-refractivity contribution is 0.0981. The molecular weight excluding hydrogens is 375 g/mol. The van der Waals surface area contributed by atoms with Gasteiger partial charge in [0.25, 0.3) is 5.91 Å². The minimum Gasteiger partial charge on any atom is -0.341 e. The van der Waals surface area contributed by atoms with Gasteiger partial charge in [-0.1, -0.05) is 29.3 Å². The van der Waals surface area contributed by atoms with Gasteiger partial charge < -0.3 is 4.90 Å². The number of carbonyl (C=O) groups excluding carboxylic acids is 1. The van der Waals surface area contributed by atoms with E-state index in [9.17, 15) is 13.2 Å². The van der Waals surface area contributed by atoms with Crippen LogP contribution in [-0.2, 0) is 9.84 Å². The van der Waals surface area contributed by atoms with Crippen molar-refractivity contribution in [2.45, 2.75) is 5.16 Å². The van der Waals surface area contributed by atoms with E-state index in [4.69, 9.17) is 23.2 Å². The fourth-order valence-electron chi connectivity index (χ4n) is 2.39. The van der Waals surface area contributed by atoms with Gasteiger partial charge in [0, 0.05) is 19.5 Å². The number of aromatic nitrogens is 2. The van der Waals surface area contributed by atoms with Gasteiger partial charge >= 0.3 is 0 Å². The molecule has 1 amide bonds. The smallest absolute Gasteiger partial charge is 0.265 e. The molecule has 1 aromatic heterocycles. The van der Waals surface area contributed by atoms with E-state index in [-0.39, 0.29) is 23.2 Å². The maximum Gasteiger partial charge on any atom is 0.265 e. The van der Waals surface area contributed by atoms with Crippen molar-refractivity contribution in [3.63, 3.8) is 0 Å². The number of sulfone groups is 1. The molecule has 0 saturated heterocycles. The molecule has 0 fully saturated rings. The van der Waals surface area contributed by atoms with Gasteiger partial charge in [0.2, 0.25) is 15.0 Å². The predicted octanol–water partition coefficient (Wildman–Crippen LogP) is 2.24. The second-order valence-corrected chi connectivity index (χ2v) is 8.03. The van der Waals surface area contributed by atoms with E-state index < -0.39 is 15.7 Å². The van der Waals surface area contributed by atoms with E-state index in [1.54, 1.807) is 30.1 Å². The van der Waals surface area contributed by atoms with E-state index >= 15 is 0 Å². The van der Waals surface area contributed by atoms with Gasteiger partial charge in [-0.05, 0) is 12.1 Å². The first kappa shape index (κ1) is 16.9. The molecular formula is C14H12Cl2N4O3S. The van der Waals surface area contributed by atoms with Crippen molar-refractivity contribution in [3.8, 4) is 0 Å². The van der Waals surface area contributed by atoms with E-state index in [1.165, 1.54) is 11.1 Å². The highest BCUT2D eigenvalue weighted by atomic mass is 35.5. The summed E-state index contributed by atoms with van der Waals surface area (Å²) in [7, 11) is -1.89. The van der Waals surface area contributed by atoms with E-state index in [1.807, 2.05) is 0 Å². The molecule has 0 aliphatic carbocycles. The largest absolute Gasteiger partial charge is 0.341 e. The Kier molecular flexibility index (Phi) is 4.15. The Labute approximate surface area is 148 Å². The molecule has 0 bridgehead atoms. The van der Waals surface area contributed by atoms with E-state index in [0.29, 0.717) is 15.7 Å². The van der Waals surface area contributed by atoms with Crippen LogP contribution in [0.1, 0.15) is 10.4 Å². The molecule has 126 valence electrons. The quantitative estimate of drug-likeness (QED) is 0.735. The Balaban J connectivity index is 2.12. The lowest BCUT2D eigenvalue weighted by Crippen LogP contribution is -2.46. The molecule has 0 radical (unpaired) electrons. The Hall–Kier alpha value is -1.90. The summed E-state index contributed by atoms with van der Waals surface area (Å²) < 4.78 is 23.2. The van der Waals surface area contributed by atoms with E-state index in [0.717, 1.165) is 6.26 Å². The highest BCUT2D eigenvalue weighted by Crippen LogP contribution is 2.37. The lowest BCUT2D eigenvalue weighted by Gasteiger charge is -2.35. The van der Waals surface area contributed by atoms with Gasteiger partial charge in [0.15, 0.2) is 0 Å². The lowest BCUT2D eigenvalue weighted by atomic mass is 10.2. The monoisotopic (exact) mass is 386 g/mol. The molecule has 2 aromatic rings. The molecule has 7 nitrogen and oxygen atoms in total. The Morgan fingerprint density at radius 2 is 1.83 bits per heavy atom. The number of benzene rings is 1. The number of nitrogens with zero attached hydrogens (tertiary/aromatic N) is 4. The molecule has 3 rings (SSSR count). The van der Waals surface area contributed by atoms with Crippen molar-refractivity contribution < 1.29 is 13.2 Å². The Bertz CT molecular complexity index is 929. The van der Waals surface area contributed by atoms with Gasteiger partial charge in [-0.3, -0.25) is 9.69 Å². The normalized spacial score (nSPS) is 14.8. The second-order valence-electron chi connectivity index (χ2n) is 5.30. The summed E-state index contributed by atoms with van der Waals surface area (Å²) in [6, 6.07) is 4.95. The van der Waals surface area contributed by atoms with Crippen molar-refractivity contribution >= 4 is 50.5 Å². The summed E-state index contributed by atoms with van der Waals surface area (Å²) in [6.45, 7) is 0.121. The van der Waals surface area contributed by atoms with Gasteiger partial charge in [0.1, 0.15) is 11.4 Å². The number of hydrogen-bond donors (Lipinski definition) is 0. The average Bonchev–Trinajstić information content (AvgIpc) is 2.50. The zero-order chi connectivity index (χ0) is 17.6. The number of halogens is 2. The van der Waals surface area contributed by atoms with Gasteiger partial charge in [-0.2, -0.15) is 0 Å². The van der Waals surface area contributed by atoms with Crippen LogP contribution < -0.4 is 9.80 Å². The van der Waals surface area contributed by atoms with Crippen molar-refractivity contribution in [1.82, 2.24) is 9.97 Å². The molecule has 24 heavy (non-hydrogen) atoms. The maximum atomic E-state index is 12.8. The van der Waals surface area contributed by atoms with Crippen LogP contribution in [0, 0.1) is 0 Å². The average molecular weight is 387 g/mol. The molecule has 0 spiro atoms. The third-order valence-electron chi connectivity index (χ3n) is 3.48. The van der Waals surface area contributed by atoms with Crippen molar-refractivity contribution in [3.05, 3.63) is 40.0 Å². The SMILES string of the molecule is CN1CN(c2c(Cl)cccc2Cl)C(=O)c2cnc(S(C)(=O)=O)nc21. The third kappa shape index (κ3) is 2.81. The number of hydrogen-bond acceptors (Lipinski definition) is 6. The number of carbonyl (C=O) groups is 1. The van der Waals surface area contributed by atoms with E-state index in [2.05, 4.69) is 9.97 Å². The first-order valence-corrected chi connectivity index (χ1v) is 9.39. The first-order valence-electron chi connectivity index (χ1n) is 6.74. The van der Waals surface area contributed by atoms with Crippen molar-refractivity contribution in [2.75, 3.05) is 29.8 Å². The summed E-state index contributed by atoms with van der Waals surface area (Å²) in [5, 5.41) is 0.341. The van der Waals surface area contributed by atoms with Gasteiger partial charge in [0.05, 0.1) is 22.4 Å². The number of amides is 1. The number of anilines is 2. The van der Waals surface area contributed by atoms with Crippen LogP contribution in [0.25, 0.3) is 0 Å². The molecule has 0 N–H and O–H groups in total. The fraction of sp³-hybridized carbons (Fsp3) is 0.214. The Morgan fingerprint density at radius 1 is 1.21 bits per heavy atom. The van der Waals surface area contributed by atoms with Gasteiger partial charge in [-0.25, -0.2) is 18.4 Å². The summed E-state index contributed by atoms with van der Waals surface area (Å²) in [5.41, 5.74) is 0.558. The summed E-state index contributed by atoms with van der Waals surface area (Å²) in [5.74, 6) is -0.159. The number of para-hydroxylation sites is 1. The van der Waals surface area contributed by atoms with Crippen molar-refractivity contribution in [2.24, 2.45) is 0 Å². The summed E-state index contributed by atoms with van der Waals surface area (Å²) >= 11 is 12.4. The van der Waals surface area contributed by atoms with Crippen LogP contribution in [0.15, 0.2) is 29.6 Å². The topological polar surface area (TPSA) is 83.5 Å². The number of rotatable bonds is 2. The van der Waals surface area contributed by atoms with Crippen LogP contribution >= 0.6 is 23.2 Å². The zero-order valence-corrected chi connectivity index (χ0v) is 15.0. The van der Waals surface area contributed by atoms with Crippen LogP contribution in [0.3, 0.4) is 0 Å². The predicted molar refractivity (Wildman–Crippen MR) is 91.7 cm³/mol. The molecule has 0 unspecified atom stereocenters. The minimum absolute atomic E-state index is 0.121. The van der Waals surface area contributed by atoms with Crippen LogP contribution in [0.4, 0.5) is 11.5 Å². The third-order valence-corrected chi connectivity index (χ3v) is 4.95. The first-order chi connectivity index (χ1) is 11.2. The van der Waals surface area contributed by atoms with Crippen LogP contribution in [0.5, 0.6) is 0 Å². The standard InChI is InChI=1S/C14H12Cl2N4O3S/c1-19-7-20(11-9(15)4-3-5-10(11)16)13(21)8-6-17-14(18-12(8)19)24(2,22)23/h3-6H,7H2,1-2H3. The molecule has 0 saturated carbocycles. The molecule has 2 heterocycles. The minimum atomic E-state index is -3.57. The molecule has 1 aliphatic heterocycles. The number of fused-ring (bicyclic) bond motifs is 1. The zero-order valence-electron chi connectivity index (χ0n) is 12.7. The fourth-order valence-corrected chi connectivity index (χ4v) is 3.48. The summed E-state index contributed by atoms with van der Waals surface area (Å²) in [4.78, 5) is 23.6. The maximum absolute atomic E-state index is 12.8. The molecule has 1 aromatic carbocycles.